The maximum atomic E-state index is 13.1. The van der Waals surface area contributed by atoms with Crippen LogP contribution in [0.25, 0.3) is 0 Å². The number of rotatable bonds is 4. The van der Waals surface area contributed by atoms with Gasteiger partial charge in [-0.05, 0) is 24.5 Å². The average Bonchev–Trinajstić information content (AvgIpc) is 2.55. The van der Waals surface area contributed by atoms with Gasteiger partial charge in [0.15, 0.2) is 0 Å². The Hall–Kier alpha value is -1.42. The van der Waals surface area contributed by atoms with Crippen molar-refractivity contribution in [3.63, 3.8) is 0 Å². The Balaban J connectivity index is 2.42. The number of fused-ring (bicyclic) bond motifs is 1. The first kappa shape index (κ1) is 21.9. The summed E-state index contributed by atoms with van der Waals surface area (Å²) in [5.74, 6) is 0.379. The Morgan fingerprint density at radius 1 is 1.19 bits per heavy atom. The summed E-state index contributed by atoms with van der Waals surface area (Å²) < 4.78 is 78.3. The molecule has 1 N–H and O–H groups in total. The van der Waals surface area contributed by atoms with Crippen LogP contribution in [0.4, 0.5) is 32.0 Å². The van der Waals surface area contributed by atoms with E-state index in [9.17, 15) is 36.2 Å². The number of alkyl halides is 6. The largest absolute Gasteiger partial charge is 0.430 e. The van der Waals surface area contributed by atoms with E-state index in [1.165, 1.54) is 4.90 Å². The van der Waals surface area contributed by atoms with Crippen LogP contribution in [0, 0.1) is 5.92 Å². The zero-order chi connectivity index (χ0) is 20.6. The molecule has 10 heteroatoms. The van der Waals surface area contributed by atoms with Gasteiger partial charge in [-0.2, -0.15) is 26.3 Å². The van der Waals surface area contributed by atoms with Crippen LogP contribution in [0.3, 0.4) is 0 Å². The van der Waals surface area contributed by atoms with Crippen molar-refractivity contribution in [1.82, 2.24) is 0 Å². The van der Waals surface area contributed by atoms with Gasteiger partial charge in [-0.25, -0.2) is 0 Å². The van der Waals surface area contributed by atoms with Crippen LogP contribution in [0.2, 0.25) is 0 Å². The number of benzene rings is 1. The van der Waals surface area contributed by atoms with E-state index in [4.69, 9.17) is 0 Å². The first-order valence-corrected chi connectivity index (χ1v) is 9.21. The van der Waals surface area contributed by atoms with E-state index in [0.717, 1.165) is 17.8 Å². The zero-order valence-electron chi connectivity index (χ0n) is 14.6. The standard InChI is InChI=1S/C17H19F6NO2S/c1-10(2)3-6-14(25)24-7-8-27-13-9-11(4-5-12(13)24)15(26,16(18,19)20)17(21,22)23/h4-5,9-10,26H,3,6-8H2,1-2H3. The molecule has 0 radical (unpaired) electrons. The maximum Gasteiger partial charge on any atom is 0.430 e. The summed E-state index contributed by atoms with van der Waals surface area (Å²) >= 11 is 1.05. The lowest BCUT2D eigenvalue weighted by Gasteiger charge is -2.35. The molecule has 27 heavy (non-hydrogen) atoms. The molecule has 0 aromatic heterocycles. The number of carbonyl (C=O) groups is 1. The predicted molar refractivity (Wildman–Crippen MR) is 89.6 cm³/mol. The highest BCUT2D eigenvalue weighted by atomic mass is 32.2. The third-order valence-electron chi connectivity index (χ3n) is 4.30. The minimum atomic E-state index is -5.94. The van der Waals surface area contributed by atoms with Gasteiger partial charge in [0.1, 0.15) is 0 Å². The second-order valence-electron chi connectivity index (χ2n) is 6.71. The molecular weight excluding hydrogens is 396 g/mol. The van der Waals surface area contributed by atoms with Gasteiger partial charge in [-0.15, -0.1) is 11.8 Å². The van der Waals surface area contributed by atoms with Crippen molar-refractivity contribution in [2.45, 2.75) is 49.5 Å². The highest BCUT2D eigenvalue weighted by Crippen LogP contribution is 2.51. The lowest BCUT2D eigenvalue weighted by Crippen LogP contribution is -2.54. The molecule has 0 spiro atoms. The van der Waals surface area contributed by atoms with Gasteiger partial charge in [-0.1, -0.05) is 19.9 Å². The van der Waals surface area contributed by atoms with Gasteiger partial charge in [0.05, 0.1) is 5.69 Å². The van der Waals surface area contributed by atoms with Crippen molar-refractivity contribution in [3.05, 3.63) is 23.8 Å². The molecule has 0 bridgehead atoms. The normalized spacial score (nSPS) is 15.9. The molecule has 3 nitrogen and oxygen atoms in total. The summed E-state index contributed by atoms with van der Waals surface area (Å²) in [4.78, 5) is 13.8. The summed E-state index contributed by atoms with van der Waals surface area (Å²) in [7, 11) is 0. The second kappa shape index (κ2) is 7.54. The molecule has 1 aliphatic heterocycles. The number of anilines is 1. The van der Waals surface area contributed by atoms with Crippen LogP contribution >= 0.6 is 11.8 Å². The van der Waals surface area contributed by atoms with Crippen LogP contribution in [0.1, 0.15) is 32.3 Å². The number of hydrogen-bond donors (Lipinski definition) is 1. The SMILES string of the molecule is CC(C)CCC(=O)N1CCSc2cc(C(O)(C(F)(F)F)C(F)(F)F)ccc21. The Labute approximate surface area is 156 Å². The van der Waals surface area contributed by atoms with Gasteiger partial charge in [0.25, 0.3) is 5.60 Å². The summed E-state index contributed by atoms with van der Waals surface area (Å²) in [5, 5.41) is 9.54. The summed E-state index contributed by atoms with van der Waals surface area (Å²) in [6.45, 7) is 4.19. The van der Waals surface area contributed by atoms with E-state index in [2.05, 4.69) is 0 Å². The topological polar surface area (TPSA) is 40.5 Å². The van der Waals surface area contributed by atoms with Gasteiger partial charge in [0, 0.05) is 29.2 Å². The van der Waals surface area contributed by atoms with Crippen LogP contribution in [-0.4, -0.2) is 35.7 Å². The monoisotopic (exact) mass is 415 g/mol. The van der Waals surface area contributed by atoms with E-state index in [-0.39, 0.29) is 28.8 Å². The molecule has 0 unspecified atom stereocenters. The molecule has 0 fully saturated rings. The van der Waals surface area contributed by atoms with E-state index >= 15 is 0 Å². The van der Waals surface area contributed by atoms with Gasteiger partial charge < -0.3 is 10.0 Å². The fourth-order valence-electron chi connectivity index (χ4n) is 2.74. The van der Waals surface area contributed by atoms with E-state index in [1.807, 2.05) is 13.8 Å². The van der Waals surface area contributed by atoms with E-state index < -0.39 is 23.5 Å². The molecule has 1 heterocycles. The van der Waals surface area contributed by atoms with Crippen LogP contribution < -0.4 is 4.90 Å². The molecule has 0 saturated heterocycles. The highest BCUT2D eigenvalue weighted by molar-refractivity contribution is 7.99. The zero-order valence-corrected chi connectivity index (χ0v) is 15.4. The Morgan fingerprint density at radius 3 is 2.30 bits per heavy atom. The third-order valence-corrected chi connectivity index (χ3v) is 5.32. The number of halogens is 6. The van der Waals surface area contributed by atoms with Crippen molar-refractivity contribution in [1.29, 1.82) is 0 Å². The molecular formula is C17H19F6NO2S. The second-order valence-corrected chi connectivity index (χ2v) is 7.85. The van der Waals surface area contributed by atoms with Crippen molar-refractivity contribution in [3.8, 4) is 0 Å². The smallest absolute Gasteiger partial charge is 0.369 e. The van der Waals surface area contributed by atoms with Crippen molar-refractivity contribution in [2.24, 2.45) is 5.92 Å². The lowest BCUT2D eigenvalue weighted by molar-refractivity contribution is -0.376. The highest BCUT2D eigenvalue weighted by Gasteiger charge is 2.71. The van der Waals surface area contributed by atoms with Crippen molar-refractivity contribution in [2.75, 3.05) is 17.2 Å². The van der Waals surface area contributed by atoms with Crippen molar-refractivity contribution < 1.29 is 36.2 Å². The van der Waals surface area contributed by atoms with Crippen LogP contribution in [0.15, 0.2) is 23.1 Å². The van der Waals surface area contributed by atoms with Gasteiger partial charge >= 0.3 is 12.4 Å². The first-order chi connectivity index (χ1) is 12.3. The number of nitrogens with zero attached hydrogens (tertiary/aromatic N) is 1. The summed E-state index contributed by atoms with van der Waals surface area (Å²) in [5.41, 5.74) is -6.03. The molecule has 1 aromatic carbocycles. The molecule has 0 atom stereocenters. The predicted octanol–water partition coefficient (Wildman–Crippen LogP) is 4.87. The molecule has 152 valence electrons. The minimum absolute atomic E-state index is 0.101. The van der Waals surface area contributed by atoms with E-state index in [1.54, 1.807) is 0 Å². The Kier molecular flexibility index (Phi) is 6.11. The number of hydrogen-bond acceptors (Lipinski definition) is 3. The number of amides is 1. The van der Waals surface area contributed by atoms with Crippen molar-refractivity contribution >= 4 is 23.4 Å². The minimum Gasteiger partial charge on any atom is -0.369 e. The number of thioether (sulfide) groups is 1. The summed E-state index contributed by atoms with van der Waals surface area (Å²) in [6.07, 6.45) is -11.0. The molecule has 2 rings (SSSR count). The molecule has 0 aliphatic carbocycles. The Morgan fingerprint density at radius 2 is 1.78 bits per heavy atom. The summed E-state index contributed by atoms with van der Waals surface area (Å²) in [6, 6.07) is 2.28. The number of aliphatic hydroxyl groups is 1. The molecule has 1 aliphatic rings. The Bertz CT molecular complexity index is 688. The third kappa shape index (κ3) is 4.21. The quantitative estimate of drug-likeness (QED) is 0.713. The van der Waals surface area contributed by atoms with E-state index in [0.29, 0.717) is 30.9 Å². The maximum absolute atomic E-state index is 13.1. The lowest BCUT2D eigenvalue weighted by atomic mass is 9.92. The fraction of sp³-hybridized carbons (Fsp3) is 0.588. The van der Waals surface area contributed by atoms with Gasteiger partial charge in [0.2, 0.25) is 5.91 Å². The average molecular weight is 415 g/mol. The molecule has 1 aromatic rings. The van der Waals surface area contributed by atoms with Gasteiger partial charge in [-0.3, -0.25) is 4.79 Å². The molecule has 1 amide bonds. The first-order valence-electron chi connectivity index (χ1n) is 8.22. The molecule has 0 saturated carbocycles. The van der Waals surface area contributed by atoms with Crippen LogP contribution in [0.5, 0.6) is 0 Å². The number of carbonyl (C=O) groups excluding carboxylic acids is 1. The fourth-order valence-corrected chi connectivity index (χ4v) is 3.77. The van der Waals surface area contributed by atoms with Crippen LogP contribution in [-0.2, 0) is 10.4 Å².